The quantitative estimate of drug-likeness (QED) is 0.369. The lowest BCUT2D eigenvalue weighted by atomic mass is 9.80. The van der Waals surface area contributed by atoms with Crippen LogP contribution < -0.4 is 4.90 Å². The van der Waals surface area contributed by atoms with Gasteiger partial charge in [0, 0.05) is 30.6 Å². The van der Waals surface area contributed by atoms with Crippen molar-refractivity contribution in [3.05, 3.63) is 90.3 Å². The smallest absolute Gasteiger partial charge is 0.326 e. The number of quaternary nitrogens is 1. The van der Waals surface area contributed by atoms with Crippen molar-refractivity contribution in [1.29, 1.82) is 0 Å². The van der Waals surface area contributed by atoms with Crippen molar-refractivity contribution >= 4 is 28.4 Å². The van der Waals surface area contributed by atoms with E-state index in [2.05, 4.69) is 27.8 Å². The van der Waals surface area contributed by atoms with E-state index in [1.54, 1.807) is 17.3 Å². The van der Waals surface area contributed by atoms with Gasteiger partial charge in [-0.05, 0) is 49.6 Å². The molecule has 0 spiro atoms. The Morgan fingerprint density at radius 1 is 1.13 bits per heavy atom. The Kier molecular flexibility index (Phi) is 5.56. The number of rotatable bonds is 5. The first-order valence-electron chi connectivity index (χ1n) is 13.9. The van der Waals surface area contributed by atoms with Crippen molar-refractivity contribution in [1.82, 2.24) is 19.7 Å². The number of hydrogen-bond donors (Lipinski definition) is 1. The van der Waals surface area contributed by atoms with E-state index < -0.39 is 6.04 Å². The molecule has 8 rings (SSSR count). The van der Waals surface area contributed by atoms with Crippen LogP contribution in [0.25, 0.3) is 10.9 Å². The lowest BCUT2D eigenvalue weighted by Gasteiger charge is -2.54. The summed E-state index contributed by atoms with van der Waals surface area (Å²) in [5, 5.41) is 8.11. The second-order valence-corrected chi connectivity index (χ2v) is 11.2. The average Bonchev–Trinajstić information content (AvgIpc) is 3.57. The predicted octanol–water partition coefficient (Wildman–Crippen LogP) is 5.14. The van der Waals surface area contributed by atoms with Crippen LogP contribution in [0.3, 0.4) is 0 Å². The van der Waals surface area contributed by atoms with Crippen LogP contribution in [0.2, 0.25) is 0 Å². The Labute approximate surface area is 227 Å². The van der Waals surface area contributed by atoms with Gasteiger partial charge in [-0.15, -0.1) is 0 Å². The Hall–Kier alpha value is -4.04. The molecule has 5 heterocycles. The van der Waals surface area contributed by atoms with Crippen LogP contribution in [-0.4, -0.2) is 48.6 Å². The summed E-state index contributed by atoms with van der Waals surface area (Å²) in [6.07, 6.45) is 10.7. The molecular formula is C31H33N6O2+. The first kappa shape index (κ1) is 24.0. The van der Waals surface area contributed by atoms with Gasteiger partial charge in [0.2, 0.25) is 5.91 Å². The van der Waals surface area contributed by atoms with Crippen molar-refractivity contribution in [3.63, 3.8) is 0 Å². The van der Waals surface area contributed by atoms with E-state index >= 15 is 4.79 Å². The largest absolute Gasteiger partial charge is 0.346 e. The number of benzene rings is 2. The summed E-state index contributed by atoms with van der Waals surface area (Å²) in [5.41, 5.74) is 4.51. The molecule has 2 aromatic carbocycles. The highest BCUT2D eigenvalue weighted by atomic mass is 16.2. The molecule has 2 bridgehead atoms. The molecule has 1 saturated heterocycles. The number of fused-ring (bicyclic) bond motifs is 2. The lowest BCUT2D eigenvalue weighted by molar-refractivity contribution is -0.881. The fourth-order valence-electron chi connectivity index (χ4n) is 7.32. The number of nitrogens with zero attached hydrogens (tertiary/aromatic N) is 5. The molecule has 198 valence electrons. The molecule has 8 heteroatoms. The number of carbonyl (C=O) groups excluding carboxylic acids is 2. The van der Waals surface area contributed by atoms with Crippen molar-refractivity contribution in [2.75, 3.05) is 11.4 Å². The van der Waals surface area contributed by atoms with Gasteiger partial charge < -0.3 is 4.57 Å². The predicted molar refractivity (Wildman–Crippen MR) is 149 cm³/mol. The van der Waals surface area contributed by atoms with E-state index in [1.807, 2.05) is 54.1 Å². The first-order chi connectivity index (χ1) is 19.0. The summed E-state index contributed by atoms with van der Waals surface area (Å²) in [4.78, 5) is 35.6. The zero-order valence-electron chi connectivity index (χ0n) is 22.2. The fourth-order valence-corrected chi connectivity index (χ4v) is 7.32. The van der Waals surface area contributed by atoms with Crippen LogP contribution in [0.5, 0.6) is 0 Å². The number of carbonyl (C=O) groups is 2. The van der Waals surface area contributed by atoms with Gasteiger partial charge in [-0.1, -0.05) is 36.8 Å². The maximum absolute atomic E-state index is 15.1. The minimum absolute atomic E-state index is 0.0595. The van der Waals surface area contributed by atoms with Gasteiger partial charge in [0.25, 0.3) is 0 Å². The maximum Gasteiger partial charge on any atom is 0.346 e. The van der Waals surface area contributed by atoms with E-state index in [1.165, 1.54) is 6.42 Å². The summed E-state index contributed by atoms with van der Waals surface area (Å²) in [5.74, 6) is 0.770. The van der Waals surface area contributed by atoms with Gasteiger partial charge in [0.15, 0.2) is 6.04 Å². The molecule has 1 N–H and O–H groups in total. The van der Waals surface area contributed by atoms with E-state index in [9.17, 15) is 4.79 Å². The minimum Gasteiger partial charge on any atom is -0.326 e. The van der Waals surface area contributed by atoms with Gasteiger partial charge in [0.05, 0.1) is 17.4 Å². The summed E-state index contributed by atoms with van der Waals surface area (Å²) in [7, 11) is 0. The molecule has 4 aliphatic rings. The number of aromatic nitrogens is 4. The standard InChI is InChI=1S/C31H33N6O2/c1-20-26-19-37(20,22-9-4-3-5-10-22)31(39)30(24-12-7-6-11-23(24)26)36(29(38)18-35-16-15-32-21(35)2)28-14-8-13-27-25(28)17-33-34-27/h6-8,11-17,22,26,30H,1,3-5,9-10,18-19H2,2H3,(H,33,34)/q+1. The number of aromatic amines is 1. The normalized spacial score (nSPS) is 24.7. The summed E-state index contributed by atoms with van der Waals surface area (Å²) < 4.78 is 2.13. The second kappa shape index (κ2) is 9.02. The number of nitrogens with one attached hydrogen (secondary N) is 1. The topological polar surface area (TPSA) is 83.9 Å². The van der Waals surface area contributed by atoms with Gasteiger partial charge >= 0.3 is 5.91 Å². The summed E-state index contributed by atoms with van der Waals surface area (Å²) in [6.45, 7) is 7.24. The first-order valence-corrected chi connectivity index (χ1v) is 13.9. The lowest BCUT2D eigenvalue weighted by Crippen LogP contribution is -2.69. The van der Waals surface area contributed by atoms with Gasteiger partial charge in [-0.25, -0.2) is 14.3 Å². The highest BCUT2D eigenvalue weighted by Gasteiger charge is 2.65. The van der Waals surface area contributed by atoms with Crippen LogP contribution in [-0.2, 0) is 16.1 Å². The van der Waals surface area contributed by atoms with Gasteiger partial charge in [0.1, 0.15) is 36.6 Å². The van der Waals surface area contributed by atoms with Crippen LogP contribution in [0, 0.1) is 6.92 Å². The number of hydrogen-bond acceptors (Lipinski definition) is 4. The molecule has 2 fully saturated rings. The van der Waals surface area contributed by atoms with E-state index in [-0.39, 0.29) is 30.3 Å². The Balaban J connectivity index is 1.44. The van der Waals surface area contributed by atoms with Crippen molar-refractivity contribution in [2.45, 2.75) is 63.6 Å². The third-order valence-corrected chi connectivity index (χ3v) is 9.35. The Morgan fingerprint density at radius 2 is 1.92 bits per heavy atom. The molecular weight excluding hydrogens is 488 g/mol. The monoisotopic (exact) mass is 521 g/mol. The van der Waals surface area contributed by atoms with E-state index in [0.29, 0.717) is 10.2 Å². The summed E-state index contributed by atoms with van der Waals surface area (Å²) >= 11 is 0. The van der Waals surface area contributed by atoms with Crippen LogP contribution >= 0.6 is 0 Å². The fraction of sp³-hybridized carbons (Fsp3) is 0.355. The average molecular weight is 522 g/mol. The van der Waals surface area contributed by atoms with Crippen molar-refractivity contribution in [2.24, 2.45) is 0 Å². The molecule has 39 heavy (non-hydrogen) atoms. The Morgan fingerprint density at radius 3 is 2.67 bits per heavy atom. The third kappa shape index (κ3) is 3.47. The molecule has 3 atom stereocenters. The molecule has 8 nitrogen and oxygen atoms in total. The van der Waals surface area contributed by atoms with Crippen LogP contribution in [0.1, 0.15) is 61.0 Å². The molecule has 0 radical (unpaired) electrons. The molecule has 2 amide bonds. The highest BCUT2D eigenvalue weighted by molar-refractivity contribution is 6.07. The van der Waals surface area contributed by atoms with Crippen LogP contribution in [0.4, 0.5) is 5.69 Å². The number of anilines is 1. The number of aryl methyl sites for hydroxylation is 1. The number of imidazole rings is 1. The van der Waals surface area contributed by atoms with Gasteiger partial charge in [-0.3, -0.25) is 14.8 Å². The maximum atomic E-state index is 15.1. The SMILES string of the molecule is C=C1C2C[N+]1(C1CCCCC1)C(=O)C(N(C(=O)Cn1ccnc1C)c1cccc3[nH]ncc13)c1ccccc12. The highest BCUT2D eigenvalue weighted by Crippen LogP contribution is 2.55. The molecule has 4 aromatic rings. The Bertz CT molecular complexity index is 1610. The van der Waals surface area contributed by atoms with E-state index in [4.69, 9.17) is 0 Å². The molecule has 1 saturated carbocycles. The molecule has 3 aliphatic heterocycles. The number of H-pyrrole nitrogens is 1. The molecule has 3 unspecified atom stereocenters. The molecule has 2 aromatic heterocycles. The van der Waals surface area contributed by atoms with Gasteiger partial charge in [-0.2, -0.15) is 5.10 Å². The van der Waals surface area contributed by atoms with Crippen molar-refractivity contribution in [3.8, 4) is 0 Å². The second-order valence-electron chi connectivity index (χ2n) is 11.2. The van der Waals surface area contributed by atoms with Crippen LogP contribution in [0.15, 0.2) is 73.3 Å². The van der Waals surface area contributed by atoms with E-state index in [0.717, 1.165) is 65.8 Å². The third-order valence-electron chi connectivity index (χ3n) is 9.35. The molecule has 1 aliphatic carbocycles. The zero-order chi connectivity index (χ0) is 26.7. The summed E-state index contributed by atoms with van der Waals surface area (Å²) in [6, 6.07) is 13.4. The number of amides is 2. The van der Waals surface area contributed by atoms with Crippen molar-refractivity contribution < 1.29 is 14.1 Å². The minimum atomic E-state index is -0.774. The zero-order valence-corrected chi connectivity index (χ0v) is 22.2.